The number of aliphatic carboxylic acids is 1. The summed E-state index contributed by atoms with van der Waals surface area (Å²) in [5.74, 6) is -1.12. The summed E-state index contributed by atoms with van der Waals surface area (Å²) in [6.45, 7) is 3.68. The van der Waals surface area contributed by atoms with E-state index in [-0.39, 0.29) is 31.1 Å². The van der Waals surface area contributed by atoms with Gasteiger partial charge in [0, 0.05) is 25.1 Å². The number of aliphatic hydroxyl groups excluding tert-OH is 1. The summed E-state index contributed by atoms with van der Waals surface area (Å²) in [5, 5.41) is 20.2. The number of amides is 2. The van der Waals surface area contributed by atoms with Crippen molar-refractivity contribution in [2.75, 3.05) is 6.61 Å². The van der Waals surface area contributed by atoms with Crippen LogP contribution in [-0.4, -0.2) is 51.8 Å². The summed E-state index contributed by atoms with van der Waals surface area (Å²) >= 11 is 0. The summed E-state index contributed by atoms with van der Waals surface area (Å²) in [5.41, 5.74) is 0. The number of carbonyl (C=O) groups is 2. The Balaban J connectivity index is 2.64. The molecule has 0 unspecified atom stereocenters. The van der Waals surface area contributed by atoms with Crippen LogP contribution in [0.1, 0.15) is 39.5 Å². The van der Waals surface area contributed by atoms with Crippen LogP contribution in [0.5, 0.6) is 0 Å². The minimum absolute atomic E-state index is 0.0255. The number of hydrogen-bond donors (Lipinski definition) is 3. The molecule has 18 heavy (non-hydrogen) atoms. The monoisotopic (exact) mass is 258 g/mol. The van der Waals surface area contributed by atoms with Crippen molar-refractivity contribution < 1.29 is 19.8 Å². The maximum Gasteiger partial charge on any atom is 0.326 e. The van der Waals surface area contributed by atoms with Crippen molar-refractivity contribution in [3.05, 3.63) is 0 Å². The average molecular weight is 258 g/mol. The fraction of sp³-hybridized carbons (Fsp3) is 0.833. The molecule has 1 heterocycles. The van der Waals surface area contributed by atoms with Crippen molar-refractivity contribution >= 4 is 12.0 Å². The molecule has 0 spiro atoms. The highest BCUT2D eigenvalue weighted by Crippen LogP contribution is 2.22. The number of rotatable bonds is 4. The molecule has 0 radical (unpaired) electrons. The average Bonchev–Trinajstić information content (AvgIpc) is 2.28. The van der Waals surface area contributed by atoms with Crippen molar-refractivity contribution in [1.82, 2.24) is 10.2 Å². The van der Waals surface area contributed by atoms with E-state index in [1.54, 1.807) is 4.90 Å². The maximum atomic E-state index is 12.1. The standard InChI is InChI=1S/C12H22N2O4/c1-8-4-3-5-9(2)14(8)12(18)13-10(6-7-15)11(16)17/h8-10,15H,3-7H2,1-2H3,(H,13,18)(H,16,17)/t8-,9+,10-/m1/s1. The summed E-state index contributed by atoms with van der Waals surface area (Å²) in [6, 6.07) is -1.13. The lowest BCUT2D eigenvalue weighted by molar-refractivity contribution is -0.139. The van der Waals surface area contributed by atoms with Crippen molar-refractivity contribution in [2.24, 2.45) is 0 Å². The minimum Gasteiger partial charge on any atom is -0.480 e. The minimum atomic E-state index is -1.12. The number of hydrogen-bond acceptors (Lipinski definition) is 3. The molecule has 0 aromatic carbocycles. The molecule has 1 aliphatic heterocycles. The Morgan fingerprint density at radius 3 is 2.33 bits per heavy atom. The normalized spacial score (nSPS) is 25.6. The largest absolute Gasteiger partial charge is 0.480 e. The van der Waals surface area contributed by atoms with Crippen LogP contribution in [0, 0.1) is 0 Å². The molecule has 0 saturated carbocycles. The highest BCUT2D eigenvalue weighted by atomic mass is 16.4. The van der Waals surface area contributed by atoms with Crippen LogP contribution in [0.4, 0.5) is 4.79 Å². The van der Waals surface area contributed by atoms with Crippen molar-refractivity contribution in [2.45, 2.75) is 57.7 Å². The summed E-state index contributed by atoms with van der Waals surface area (Å²) in [4.78, 5) is 24.7. The van der Waals surface area contributed by atoms with Gasteiger partial charge in [-0.25, -0.2) is 9.59 Å². The number of nitrogens with one attached hydrogen (secondary N) is 1. The van der Waals surface area contributed by atoms with Gasteiger partial charge in [0.05, 0.1) is 0 Å². The number of piperidine rings is 1. The lowest BCUT2D eigenvalue weighted by atomic mass is 9.98. The summed E-state index contributed by atoms with van der Waals surface area (Å²) in [6.07, 6.45) is 2.99. The number of carboxylic acid groups (broad SMARTS) is 1. The first kappa shape index (κ1) is 14.8. The molecule has 104 valence electrons. The second-order valence-corrected chi connectivity index (χ2v) is 4.89. The lowest BCUT2D eigenvalue weighted by Crippen LogP contribution is -2.55. The Morgan fingerprint density at radius 1 is 1.33 bits per heavy atom. The van der Waals surface area contributed by atoms with Crippen LogP contribution in [0.15, 0.2) is 0 Å². The van der Waals surface area contributed by atoms with E-state index in [9.17, 15) is 9.59 Å². The second kappa shape index (κ2) is 6.58. The zero-order valence-electron chi connectivity index (χ0n) is 10.9. The van der Waals surface area contributed by atoms with E-state index in [1.165, 1.54) is 0 Å². The highest BCUT2D eigenvalue weighted by Gasteiger charge is 2.31. The topological polar surface area (TPSA) is 89.9 Å². The Bertz CT molecular complexity index is 298. The van der Waals surface area contributed by atoms with Gasteiger partial charge in [-0.15, -0.1) is 0 Å². The van der Waals surface area contributed by atoms with E-state index in [0.29, 0.717) is 0 Å². The molecule has 2 amide bonds. The Morgan fingerprint density at radius 2 is 1.89 bits per heavy atom. The second-order valence-electron chi connectivity index (χ2n) is 4.89. The van der Waals surface area contributed by atoms with Crippen molar-refractivity contribution in [3.8, 4) is 0 Å². The number of urea groups is 1. The smallest absolute Gasteiger partial charge is 0.326 e. The lowest BCUT2D eigenvalue weighted by Gasteiger charge is -2.39. The van der Waals surface area contributed by atoms with Crippen molar-refractivity contribution in [3.63, 3.8) is 0 Å². The molecule has 1 fully saturated rings. The first-order valence-electron chi connectivity index (χ1n) is 6.39. The molecule has 1 rings (SSSR count). The molecule has 0 aliphatic carbocycles. The molecule has 0 bridgehead atoms. The Hall–Kier alpha value is -1.30. The SMILES string of the molecule is C[C@@H]1CCC[C@H](C)N1C(=O)N[C@H](CCO)C(=O)O. The van der Waals surface area contributed by atoms with Gasteiger partial charge >= 0.3 is 12.0 Å². The maximum absolute atomic E-state index is 12.1. The first-order valence-corrected chi connectivity index (χ1v) is 6.39. The summed E-state index contributed by atoms with van der Waals surface area (Å²) in [7, 11) is 0. The van der Waals surface area contributed by atoms with Crippen LogP contribution in [0.25, 0.3) is 0 Å². The zero-order chi connectivity index (χ0) is 13.7. The van der Waals surface area contributed by atoms with E-state index >= 15 is 0 Å². The Kier molecular flexibility index (Phi) is 5.40. The first-order chi connectivity index (χ1) is 8.47. The predicted octanol–water partition coefficient (Wildman–Crippen LogP) is 0.794. The van der Waals surface area contributed by atoms with Gasteiger partial charge in [-0.1, -0.05) is 0 Å². The van der Waals surface area contributed by atoms with Crippen LogP contribution < -0.4 is 5.32 Å². The van der Waals surface area contributed by atoms with Crippen LogP contribution in [-0.2, 0) is 4.79 Å². The van der Waals surface area contributed by atoms with Gasteiger partial charge in [0.15, 0.2) is 0 Å². The number of aliphatic hydroxyl groups is 1. The molecular formula is C12H22N2O4. The molecule has 6 nitrogen and oxygen atoms in total. The molecular weight excluding hydrogens is 236 g/mol. The third-order valence-corrected chi connectivity index (χ3v) is 3.44. The van der Waals surface area contributed by atoms with Crippen LogP contribution in [0.3, 0.4) is 0 Å². The van der Waals surface area contributed by atoms with Crippen molar-refractivity contribution in [1.29, 1.82) is 0 Å². The fourth-order valence-corrected chi connectivity index (χ4v) is 2.43. The highest BCUT2D eigenvalue weighted by molar-refractivity contribution is 5.82. The number of carboxylic acids is 1. The van der Waals surface area contributed by atoms with E-state index in [4.69, 9.17) is 10.2 Å². The van der Waals surface area contributed by atoms with E-state index in [0.717, 1.165) is 19.3 Å². The zero-order valence-corrected chi connectivity index (χ0v) is 10.9. The van der Waals surface area contributed by atoms with Gasteiger partial charge in [-0.2, -0.15) is 0 Å². The van der Waals surface area contributed by atoms with Gasteiger partial charge in [-0.3, -0.25) is 0 Å². The molecule has 3 atom stereocenters. The van der Waals surface area contributed by atoms with Crippen LogP contribution >= 0.6 is 0 Å². The number of nitrogens with zero attached hydrogens (tertiary/aromatic N) is 1. The van der Waals surface area contributed by atoms with Gasteiger partial charge < -0.3 is 20.4 Å². The predicted molar refractivity (Wildman–Crippen MR) is 66.3 cm³/mol. The van der Waals surface area contributed by atoms with Gasteiger partial charge in [0.25, 0.3) is 0 Å². The van der Waals surface area contributed by atoms with Crippen LogP contribution in [0.2, 0.25) is 0 Å². The van der Waals surface area contributed by atoms with Gasteiger partial charge in [-0.05, 0) is 33.1 Å². The molecule has 6 heteroatoms. The summed E-state index contributed by atoms with van der Waals surface area (Å²) < 4.78 is 0. The number of carbonyl (C=O) groups excluding carboxylic acids is 1. The van der Waals surface area contributed by atoms with Gasteiger partial charge in [0.1, 0.15) is 6.04 Å². The molecule has 0 aromatic rings. The van der Waals surface area contributed by atoms with E-state index in [2.05, 4.69) is 5.32 Å². The third kappa shape index (κ3) is 3.60. The fourth-order valence-electron chi connectivity index (χ4n) is 2.43. The molecule has 0 aromatic heterocycles. The third-order valence-electron chi connectivity index (χ3n) is 3.44. The van der Waals surface area contributed by atoms with E-state index in [1.807, 2.05) is 13.8 Å². The molecule has 1 aliphatic rings. The quantitative estimate of drug-likeness (QED) is 0.695. The Labute approximate surface area is 107 Å². The van der Waals surface area contributed by atoms with E-state index < -0.39 is 12.0 Å². The molecule has 3 N–H and O–H groups in total. The van der Waals surface area contributed by atoms with Gasteiger partial charge in [0.2, 0.25) is 0 Å². The number of likely N-dealkylation sites (tertiary alicyclic amines) is 1. The molecule has 1 saturated heterocycles.